The fraction of sp³-hybridized carbons (Fsp3) is 0.250. The highest BCUT2D eigenvalue weighted by molar-refractivity contribution is 6.09. The number of likely N-dealkylation sites (tertiary alicyclic amines) is 1. The zero-order valence-electron chi connectivity index (χ0n) is 16.6. The van der Waals surface area contributed by atoms with Crippen molar-refractivity contribution in [3.63, 3.8) is 0 Å². The van der Waals surface area contributed by atoms with E-state index in [4.69, 9.17) is 4.98 Å². The van der Waals surface area contributed by atoms with Gasteiger partial charge in [-0.25, -0.2) is 9.37 Å². The molecule has 1 saturated heterocycles. The smallest absolute Gasteiger partial charge is 0.258 e. The average Bonchev–Trinajstić information content (AvgIpc) is 2.74. The van der Waals surface area contributed by atoms with Crippen molar-refractivity contribution in [3.8, 4) is 0 Å². The highest BCUT2D eigenvalue weighted by Crippen LogP contribution is 2.29. The van der Waals surface area contributed by atoms with Crippen molar-refractivity contribution in [2.75, 3.05) is 18.4 Å². The van der Waals surface area contributed by atoms with Gasteiger partial charge in [0.25, 0.3) is 5.56 Å². The Morgan fingerprint density at radius 1 is 1.13 bits per heavy atom. The minimum atomic E-state index is -0.365. The van der Waals surface area contributed by atoms with Gasteiger partial charge in [0.1, 0.15) is 11.6 Å². The van der Waals surface area contributed by atoms with Crippen molar-refractivity contribution in [1.82, 2.24) is 14.9 Å². The first-order valence-corrected chi connectivity index (χ1v) is 10.3. The molecule has 0 aliphatic carbocycles. The number of nitrogens with one attached hydrogen (secondary N) is 2. The van der Waals surface area contributed by atoms with E-state index in [0.29, 0.717) is 22.1 Å². The van der Waals surface area contributed by atoms with Crippen molar-refractivity contribution in [3.05, 3.63) is 82.5 Å². The second-order valence-corrected chi connectivity index (χ2v) is 7.92. The first-order valence-electron chi connectivity index (χ1n) is 10.3. The molecule has 1 aliphatic rings. The molecule has 30 heavy (non-hydrogen) atoms. The molecule has 0 saturated carbocycles. The van der Waals surface area contributed by atoms with Gasteiger partial charge in [0.2, 0.25) is 0 Å². The van der Waals surface area contributed by atoms with E-state index >= 15 is 0 Å². The Morgan fingerprint density at radius 3 is 2.87 bits per heavy atom. The second-order valence-electron chi connectivity index (χ2n) is 7.92. The number of piperidine rings is 1. The van der Waals surface area contributed by atoms with Gasteiger partial charge in [-0.15, -0.1) is 0 Å². The number of aromatic nitrogens is 2. The summed E-state index contributed by atoms with van der Waals surface area (Å²) in [6.45, 7) is 2.90. The van der Waals surface area contributed by atoms with Crippen LogP contribution in [0, 0.1) is 5.82 Å². The Morgan fingerprint density at radius 2 is 2.00 bits per heavy atom. The first-order chi connectivity index (χ1) is 14.7. The minimum absolute atomic E-state index is 0.239. The van der Waals surface area contributed by atoms with E-state index in [9.17, 15) is 9.18 Å². The number of fused-ring (bicyclic) bond motifs is 3. The van der Waals surface area contributed by atoms with Gasteiger partial charge in [0, 0.05) is 36.1 Å². The molecule has 6 heteroatoms. The lowest BCUT2D eigenvalue weighted by molar-refractivity contribution is 0.208. The Bertz CT molecular complexity index is 1250. The number of rotatable bonds is 4. The summed E-state index contributed by atoms with van der Waals surface area (Å²) in [5, 5.41) is 5.36. The Hall–Kier alpha value is -3.25. The molecule has 0 radical (unpaired) electrons. The van der Waals surface area contributed by atoms with Gasteiger partial charge in [-0.2, -0.15) is 0 Å². The maximum atomic E-state index is 14.0. The summed E-state index contributed by atoms with van der Waals surface area (Å²) >= 11 is 0. The lowest BCUT2D eigenvalue weighted by Gasteiger charge is -2.33. The second kappa shape index (κ2) is 7.88. The van der Waals surface area contributed by atoms with Crippen LogP contribution in [0.3, 0.4) is 0 Å². The summed E-state index contributed by atoms with van der Waals surface area (Å²) in [5.74, 6) is 0.338. The number of H-pyrrole nitrogens is 1. The summed E-state index contributed by atoms with van der Waals surface area (Å²) in [6.07, 6.45) is 3.72. The molecule has 1 atom stereocenters. The van der Waals surface area contributed by atoms with Crippen molar-refractivity contribution in [2.24, 2.45) is 0 Å². The van der Waals surface area contributed by atoms with Crippen LogP contribution in [0.1, 0.15) is 18.4 Å². The summed E-state index contributed by atoms with van der Waals surface area (Å²) in [6, 6.07) is 17.0. The largest absolute Gasteiger partial charge is 0.366 e. The topological polar surface area (TPSA) is 61.0 Å². The van der Waals surface area contributed by atoms with Crippen LogP contribution in [0.5, 0.6) is 0 Å². The summed E-state index contributed by atoms with van der Waals surface area (Å²) in [4.78, 5) is 22.2. The van der Waals surface area contributed by atoms with Crippen LogP contribution in [0.4, 0.5) is 10.2 Å². The standard InChI is InChI=1S/C24H23FN4O/c25-17-8-9-19-20(13-17)22-21(10-11-26-24(22)30)28-23(19)27-18-7-4-12-29(15-18)14-16-5-2-1-3-6-16/h1-3,5-6,8-11,13,18H,4,7,12,14-15H2,(H,26,30)(H,27,28)/t18-/m1/s1. The van der Waals surface area contributed by atoms with Gasteiger partial charge >= 0.3 is 0 Å². The van der Waals surface area contributed by atoms with Crippen LogP contribution < -0.4 is 10.9 Å². The Kier molecular flexibility index (Phi) is 4.93. The van der Waals surface area contributed by atoms with E-state index in [1.807, 2.05) is 6.07 Å². The van der Waals surface area contributed by atoms with Crippen LogP contribution >= 0.6 is 0 Å². The van der Waals surface area contributed by atoms with E-state index in [-0.39, 0.29) is 17.4 Å². The molecule has 0 amide bonds. The SMILES string of the molecule is O=c1[nH]ccc2nc(N[C@@H]3CCCN(Cc4ccccc4)C3)c3ccc(F)cc3c12. The van der Waals surface area contributed by atoms with Gasteiger partial charge < -0.3 is 10.3 Å². The van der Waals surface area contributed by atoms with Crippen molar-refractivity contribution in [1.29, 1.82) is 0 Å². The fourth-order valence-electron chi connectivity index (χ4n) is 4.39. The monoisotopic (exact) mass is 402 g/mol. The lowest BCUT2D eigenvalue weighted by Crippen LogP contribution is -2.41. The molecule has 3 heterocycles. The van der Waals surface area contributed by atoms with Gasteiger partial charge in [0.05, 0.1) is 10.9 Å². The van der Waals surface area contributed by atoms with Crippen LogP contribution in [-0.4, -0.2) is 34.0 Å². The Labute approximate surface area is 173 Å². The number of pyridine rings is 2. The van der Waals surface area contributed by atoms with E-state index in [2.05, 4.69) is 39.5 Å². The number of anilines is 1. The lowest BCUT2D eigenvalue weighted by atomic mass is 10.0. The molecule has 0 unspecified atom stereocenters. The molecule has 2 N–H and O–H groups in total. The zero-order chi connectivity index (χ0) is 20.5. The summed E-state index contributed by atoms with van der Waals surface area (Å²) < 4.78 is 14.0. The van der Waals surface area contributed by atoms with E-state index in [1.165, 1.54) is 17.7 Å². The van der Waals surface area contributed by atoms with Gasteiger partial charge in [0.15, 0.2) is 0 Å². The number of benzene rings is 2. The van der Waals surface area contributed by atoms with Gasteiger partial charge in [-0.05, 0) is 49.2 Å². The molecule has 1 aliphatic heterocycles. The molecule has 2 aromatic heterocycles. The van der Waals surface area contributed by atoms with E-state index in [0.717, 1.165) is 37.9 Å². The van der Waals surface area contributed by atoms with Crippen molar-refractivity contribution in [2.45, 2.75) is 25.4 Å². The van der Waals surface area contributed by atoms with Crippen molar-refractivity contribution < 1.29 is 4.39 Å². The molecule has 152 valence electrons. The zero-order valence-corrected chi connectivity index (χ0v) is 16.6. The van der Waals surface area contributed by atoms with Crippen molar-refractivity contribution >= 4 is 27.5 Å². The molecule has 0 spiro atoms. The average molecular weight is 402 g/mol. The fourth-order valence-corrected chi connectivity index (χ4v) is 4.39. The summed E-state index contributed by atoms with van der Waals surface area (Å²) in [7, 11) is 0. The van der Waals surface area contributed by atoms with E-state index < -0.39 is 0 Å². The third-order valence-electron chi connectivity index (χ3n) is 5.77. The number of hydrogen-bond donors (Lipinski definition) is 2. The molecule has 4 aromatic rings. The van der Waals surface area contributed by atoms with Gasteiger partial charge in [-0.3, -0.25) is 9.69 Å². The molecule has 1 fully saturated rings. The van der Waals surface area contributed by atoms with Gasteiger partial charge in [-0.1, -0.05) is 30.3 Å². The predicted molar refractivity (Wildman–Crippen MR) is 118 cm³/mol. The third kappa shape index (κ3) is 3.66. The molecule has 0 bridgehead atoms. The normalized spacial score (nSPS) is 17.4. The van der Waals surface area contributed by atoms with Crippen LogP contribution in [0.25, 0.3) is 21.7 Å². The maximum Gasteiger partial charge on any atom is 0.258 e. The number of nitrogens with zero attached hydrogens (tertiary/aromatic N) is 2. The molecular weight excluding hydrogens is 379 g/mol. The number of halogens is 1. The molecular formula is C24H23FN4O. The predicted octanol–water partition coefficient (Wildman–Crippen LogP) is 4.29. The molecule has 5 rings (SSSR count). The Balaban J connectivity index is 1.46. The molecule has 2 aromatic carbocycles. The van der Waals surface area contributed by atoms with E-state index in [1.54, 1.807) is 18.3 Å². The number of aromatic amines is 1. The molecule has 5 nitrogen and oxygen atoms in total. The van der Waals surface area contributed by atoms with Crippen LogP contribution in [0.15, 0.2) is 65.6 Å². The first kappa shape index (κ1) is 18.8. The van der Waals surface area contributed by atoms with Crippen LogP contribution in [-0.2, 0) is 6.54 Å². The minimum Gasteiger partial charge on any atom is -0.366 e. The third-order valence-corrected chi connectivity index (χ3v) is 5.77. The highest BCUT2D eigenvalue weighted by atomic mass is 19.1. The maximum absolute atomic E-state index is 14.0. The summed E-state index contributed by atoms with van der Waals surface area (Å²) in [5.41, 5.74) is 1.62. The number of hydrogen-bond acceptors (Lipinski definition) is 4. The highest BCUT2D eigenvalue weighted by Gasteiger charge is 2.21. The van der Waals surface area contributed by atoms with Crippen LogP contribution in [0.2, 0.25) is 0 Å². The quantitative estimate of drug-likeness (QED) is 0.500.